The van der Waals surface area contributed by atoms with Gasteiger partial charge in [-0.25, -0.2) is 13.2 Å². The van der Waals surface area contributed by atoms with E-state index in [1.54, 1.807) is 36.4 Å². The molecule has 0 aliphatic carbocycles. The molecule has 0 radical (unpaired) electrons. The van der Waals surface area contributed by atoms with Crippen LogP contribution in [-0.2, 0) is 26.2 Å². The molecule has 0 spiro atoms. The monoisotopic (exact) mass is 529 g/mol. The maximum absolute atomic E-state index is 13.5. The minimum atomic E-state index is -4.26. The molecule has 0 aliphatic rings. The van der Waals surface area contributed by atoms with Crippen LogP contribution < -0.4 is 18.9 Å². The summed E-state index contributed by atoms with van der Waals surface area (Å²) < 4.78 is 50.5. The SMILES string of the molecule is COc1cc([C@H](O)[C@](C)(NS(=O)(=O)c2ccc(C)cc2)C(=O)OCc2ccccc2)cc(OC)c1OC. The molecular weight excluding hydrogens is 498 g/mol. The minimum Gasteiger partial charge on any atom is -0.493 e. The molecule has 2 atom stereocenters. The molecule has 3 aromatic carbocycles. The predicted molar refractivity (Wildman–Crippen MR) is 137 cm³/mol. The van der Waals surface area contributed by atoms with E-state index in [2.05, 4.69) is 4.72 Å². The van der Waals surface area contributed by atoms with Crippen LogP contribution in [0.1, 0.15) is 29.7 Å². The highest BCUT2D eigenvalue weighted by Crippen LogP contribution is 2.42. The van der Waals surface area contributed by atoms with Gasteiger partial charge in [0.05, 0.1) is 26.2 Å². The van der Waals surface area contributed by atoms with Gasteiger partial charge >= 0.3 is 5.97 Å². The van der Waals surface area contributed by atoms with Crippen molar-refractivity contribution in [2.75, 3.05) is 21.3 Å². The van der Waals surface area contributed by atoms with Crippen molar-refractivity contribution >= 4 is 16.0 Å². The van der Waals surface area contributed by atoms with Gasteiger partial charge in [-0.1, -0.05) is 48.0 Å². The number of hydrogen-bond donors (Lipinski definition) is 2. The number of aryl methyl sites for hydroxylation is 1. The first-order chi connectivity index (χ1) is 17.6. The molecule has 0 fully saturated rings. The van der Waals surface area contributed by atoms with Gasteiger partial charge in [-0.2, -0.15) is 4.72 Å². The zero-order valence-electron chi connectivity index (χ0n) is 21.3. The summed E-state index contributed by atoms with van der Waals surface area (Å²) in [5.74, 6) is -0.266. The molecule has 0 aliphatic heterocycles. The zero-order valence-corrected chi connectivity index (χ0v) is 22.2. The van der Waals surface area contributed by atoms with Crippen LogP contribution in [0.4, 0.5) is 0 Å². The number of aliphatic hydroxyl groups is 1. The first kappa shape index (κ1) is 28.0. The number of methoxy groups -OCH3 is 3. The molecule has 0 amide bonds. The maximum Gasteiger partial charge on any atom is 0.330 e. The van der Waals surface area contributed by atoms with Gasteiger partial charge in [-0.05, 0) is 49.2 Å². The number of benzene rings is 3. The van der Waals surface area contributed by atoms with E-state index < -0.39 is 27.6 Å². The number of sulfonamides is 1. The Hall–Kier alpha value is -3.60. The van der Waals surface area contributed by atoms with Crippen LogP contribution in [0.2, 0.25) is 0 Å². The van der Waals surface area contributed by atoms with E-state index in [0.29, 0.717) is 5.56 Å². The molecule has 0 saturated heterocycles. The van der Waals surface area contributed by atoms with Crippen LogP contribution in [0.5, 0.6) is 17.2 Å². The molecule has 0 unspecified atom stereocenters. The molecule has 3 rings (SSSR count). The van der Waals surface area contributed by atoms with Crippen LogP contribution in [0, 0.1) is 6.92 Å². The van der Waals surface area contributed by atoms with Crippen molar-refractivity contribution < 1.29 is 37.3 Å². The fraction of sp³-hybridized carbons (Fsp3) is 0.296. The van der Waals surface area contributed by atoms with Crippen molar-refractivity contribution in [3.05, 3.63) is 83.4 Å². The highest BCUT2D eigenvalue weighted by Gasteiger charge is 2.47. The molecule has 198 valence electrons. The summed E-state index contributed by atoms with van der Waals surface area (Å²) in [6, 6.07) is 17.9. The molecule has 0 aromatic heterocycles. The van der Waals surface area contributed by atoms with E-state index in [9.17, 15) is 18.3 Å². The van der Waals surface area contributed by atoms with Crippen molar-refractivity contribution in [3.63, 3.8) is 0 Å². The largest absolute Gasteiger partial charge is 0.493 e. The number of aliphatic hydroxyl groups excluding tert-OH is 1. The average Bonchev–Trinajstić information content (AvgIpc) is 2.90. The van der Waals surface area contributed by atoms with Crippen LogP contribution in [-0.4, -0.2) is 46.4 Å². The van der Waals surface area contributed by atoms with Gasteiger partial charge in [0, 0.05) is 0 Å². The number of rotatable bonds is 11. The summed E-state index contributed by atoms with van der Waals surface area (Å²) in [5.41, 5.74) is -0.438. The second-order valence-electron chi connectivity index (χ2n) is 8.54. The molecule has 10 heteroatoms. The van der Waals surface area contributed by atoms with Crippen LogP contribution >= 0.6 is 0 Å². The summed E-state index contributed by atoms with van der Waals surface area (Å²) in [7, 11) is -0.0228. The third kappa shape index (κ3) is 6.22. The molecule has 37 heavy (non-hydrogen) atoms. The molecule has 3 aromatic rings. The van der Waals surface area contributed by atoms with Gasteiger partial charge in [0.1, 0.15) is 12.7 Å². The number of ether oxygens (including phenoxy) is 4. The fourth-order valence-electron chi connectivity index (χ4n) is 3.73. The Kier molecular flexibility index (Phi) is 8.80. The molecule has 2 N–H and O–H groups in total. The lowest BCUT2D eigenvalue weighted by molar-refractivity contribution is -0.156. The fourth-order valence-corrected chi connectivity index (χ4v) is 5.10. The summed E-state index contributed by atoms with van der Waals surface area (Å²) >= 11 is 0. The van der Waals surface area contributed by atoms with Crippen molar-refractivity contribution in [1.29, 1.82) is 0 Å². The Morgan fingerprint density at radius 1 is 0.946 bits per heavy atom. The van der Waals surface area contributed by atoms with Crippen LogP contribution in [0.25, 0.3) is 0 Å². The smallest absolute Gasteiger partial charge is 0.330 e. The molecular formula is C27H31NO8S. The van der Waals surface area contributed by atoms with Crippen molar-refractivity contribution in [2.24, 2.45) is 0 Å². The zero-order chi connectivity index (χ0) is 27.2. The lowest BCUT2D eigenvalue weighted by atomic mass is 9.90. The van der Waals surface area contributed by atoms with E-state index >= 15 is 0 Å². The topological polar surface area (TPSA) is 120 Å². The van der Waals surface area contributed by atoms with Gasteiger partial charge in [-0.15, -0.1) is 0 Å². The lowest BCUT2D eigenvalue weighted by Gasteiger charge is -2.33. The minimum absolute atomic E-state index is 0.0720. The molecule has 0 bridgehead atoms. The van der Waals surface area contributed by atoms with Crippen molar-refractivity contribution in [3.8, 4) is 17.2 Å². The quantitative estimate of drug-likeness (QED) is 0.362. The summed E-state index contributed by atoms with van der Waals surface area (Å²) in [6.07, 6.45) is -1.70. The van der Waals surface area contributed by atoms with E-state index in [-0.39, 0.29) is 34.3 Å². The van der Waals surface area contributed by atoms with Gasteiger partial charge in [0.2, 0.25) is 15.8 Å². The number of esters is 1. The first-order valence-corrected chi connectivity index (χ1v) is 12.8. The number of nitrogens with one attached hydrogen (secondary N) is 1. The van der Waals surface area contributed by atoms with Gasteiger partial charge < -0.3 is 24.1 Å². The third-order valence-electron chi connectivity index (χ3n) is 5.86. The second-order valence-corrected chi connectivity index (χ2v) is 10.2. The highest BCUT2D eigenvalue weighted by atomic mass is 32.2. The Morgan fingerprint density at radius 3 is 2.03 bits per heavy atom. The molecule has 0 saturated carbocycles. The van der Waals surface area contributed by atoms with E-state index in [1.165, 1.54) is 52.5 Å². The Bertz CT molecular complexity index is 1300. The maximum atomic E-state index is 13.5. The van der Waals surface area contributed by atoms with E-state index in [0.717, 1.165) is 5.56 Å². The Morgan fingerprint density at radius 2 is 1.51 bits per heavy atom. The highest BCUT2D eigenvalue weighted by molar-refractivity contribution is 7.89. The van der Waals surface area contributed by atoms with E-state index in [4.69, 9.17) is 18.9 Å². The normalized spacial score (nSPS) is 13.8. The van der Waals surface area contributed by atoms with Gasteiger partial charge in [-0.3, -0.25) is 0 Å². The number of carbonyl (C=O) groups is 1. The van der Waals surface area contributed by atoms with Gasteiger partial charge in [0.25, 0.3) is 0 Å². The lowest BCUT2D eigenvalue weighted by Crippen LogP contribution is -2.56. The van der Waals surface area contributed by atoms with Crippen LogP contribution in [0.3, 0.4) is 0 Å². The van der Waals surface area contributed by atoms with Crippen LogP contribution in [0.15, 0.2) is 71.6 Å². The first-order valence-electron chi connectivity index (χ1n) is 11.4. The van der Waals surface area contributed by atoms with Gasteiger partial charge in [0.15, 0.2) is 17.0 Å². The Balaban J connectivity index is 2.06. The van der Waals surface area contributed by atoms with Crippen molar-refractivity contribution in [1.82, 2.24) is 4.72 Å². The van der Waals surface area contributed by atoms with E-state index in [1.807, 2.05) is 13.0 Å². The molecule has 9 nitrogen and oxygen atoms in total. The Labute approximate surface area is 217 Å². The summed E-state index contributed by atoms with van der Waals surface area (Å²) in [5, 5.41) is 11.5. The van der Waals surface area contributed by atoms with Crippen molar-refractivity contribution in [2.45, 2.75) is 37.0 Å². The summed E-state index contributed by atoms with van der Waals surface area (Å²) in [4.78, 5) is 13.4. The average molecular weight is 530 g/mol. The third-order valence-corrected chi connectivity index (χ3v) is 7.45. The number of hydrogen-bond acceptors (Lipinski definition) is 8. The second kappa shape index (κ2) is 11.6. The molecule has 0 heterocycles. The standard InChI is InChI=1S/C27H31NO8S/c1-18-11-13-21(14-12-18)37(31,32)28-27(2,26(30)36-17-19-9-7-6-8-10-19)25(29)20-15-22(33-3)24(35-5)23(16-20)34-4/h6-16,25,28-29H,17H2,1-5H3/t25-,27-/m0/s1. The number of carbonyl (C=O) groups excluding carboxylic acids is 1. The summed E-state index contributed by atoms with van der Waals surface area (Å²) in [6.45, 7) is 2.96. The predicted octanol–water partition coefficient (Wildman–Crippen LogP) is 3.53.